The van der Waals surface area contributed by atoms with E-state index in [4.69, 9.17) is 11.6 Å². The van der Waals surface area contributed by atoms with Crippen molar-refractivity contribution < 1.29 is 9.53 Å². The standard InChI is InChI=1S/C8H9ClN2O2/c1-6-3-11-7(4-10-6)2-8(9)13-5-12/h3-5,8H,2H2,1H3. The van der Waals surface area contributed by atoms with E-state index in [2.05, 4.69) is 14.7 Å². The fraction of sp³-hybridized carbons (Fsp3) is 0.375. The number of halogens is 1. The topological polar surface area (TPSA) is 52.1 Å². The summed E-state index contributed by atoms with van der Waals surface area (Å²) in [6.45, 7) is 2.16. The van der Waals surface area contributed by atoms with Crippen LogP contribution in [0.4, 0.5) is 0 Å². The highest BCUT2D eigenvalue weighted by atomic mass is 35.5. The third-order valence-corrected chi connectivity index (χ3v) is 1.66. The van der Waals surface area contributed by atoms with Gasteiger partial charge < -0.3 is 4.74 Å². The Morgan fingerprint density at radius 1 is 1.62 bits per heavy atom. The SMILES string of the molecule is Cc1cnc(CC(Cl)OC=O)cn1. The quantitative estimate of drug-likeness (QED) is 0.539. The Bertz CT molecular complexity index is 276. The molecule has 0 saturated carbocycles. The molecule has 0 bridgehead atoms. The van der Waals surface area contributed by atoms with Crippen molar-refractivity contribution in [1.82, 2.24) is 9.97 Å². The van der Waals surface area contributed by atoms with Crippen LogP contribution in [0.1, 0.15) is 11.4 Å². The first-order valence-electron chi connectivity index (χ1n) is 3.73. The average Bonchev–Trinajstić information content (AvgIpc) is 2.09. The minimum atomic E-state index is -0.672. The smallest absolute Gasteiger partial charge is 0.294 e. The van der Waals surface area contributed by atoms with Gasteiger partial charge in [-0.2, -0.15) is 0 Å². The Morgan fingerprint density at radius 2 is 2.38 bits per heavy atom. The lowest BCUT2D eigenvalue weighted by atomic mass is 10.3. The molecule has 5 heteroatoms. The molecular weight excluding hydrogens is 192 g/mol. The molecule has 0 radical (unpaired) electrons. The van der Waals surface area contributed by atoms with E-state index < -0.39 is 5.56 Å². The number of hydrogen-bond acceptors (Lipinski definition) is 4. The highest BCUT2D eigenvalue weighted by Crippen LogP contribution is 2.05. The van der Waals surface area contributed by atoms with Gasteiger partial charge in [-0.15, -0.1) is 0 Å². The zero-order chi connectivity index (χ0) is 9.68. The van der Waals surface area contributed by atoms with Crippen LogP contribution in [-0.2, 0) is 16.0 Å². The molecule has 1 heterocycles. The second-order valence-corrected chi connectivity index (χ2v) is 2.98. The van der Waals surface area contributed by atoms with Gasteiger partial charge in [-0.25, -0.2) is 0 Å². The van der Waals surface area contributed by atoms with Gasteiger partial charge in [0.2, 0.25) is 0 Å². The Balaban J connectivity index is 2.53. The van der Waals surface area contributed by atoms with E-state index in [0.29, 0.717) is 18.6 Å². The van der Waals surface area contributed by atoms with Crippen molar-refractivity contribution in [3.63, 3.8) is 0 Å². The Hall–Kier alpha value is -1.16. The van der Waals surface area contributed by atoms with E-state index in [1.54, 1.807) is 12.4 Å². The number of ether oxygens (including phenoxy) is 1. The van der Waals surface area contributed by atoms with Crippen molar-refractivity contribution in [2.45, 2.75) is 18.9 Å². The Labute approximate surface area is 80.9 Å². The second kappa shape index (κ2) is 4.77. The van der Waals surface area contributed by atoms with Crippen LogP contribution < -0.4 is 0 Å². The number of carbonyl (C=O) groups excluding carboxylic acids is 1. The van der Waals surface area contributed by atoms with Gasteiger partial charge in [-0.1, -0.05) is 11.6 Å². The molecule has 1 aromatic rings. The van der Waals surface area contributed by atoms with Crippen LogP contribution >= 0.6 is 11.6 Å². The number of hydrogen-bond donors (Lipinski definition) is 0. The molecule has 1 rings (SSSR count). The minimum absolute atomic E-state index is 0.319. The maximum absolute atomic E-state index is 9.92. The van der Waals surface area contributed by atoms with E-state index in [1.807, 2.05) is 6.92 Å². The summed E-state index contributed by atoms with van der Waals surface area (Å²) < 4.78 is 4.49. The first-order valence-corrected chi connectivity index (χ1v) is 4.16. The van der Waals surface area contributed by atoms with Gasteiger partial charge in [0.05, 0.1) is 11.4 Å². The first-order chi connectivity index (χ1) is 6.22. The Morgan fingerprint density at radius 3 is 2.92 bits per heavy atom. The number of carbonyl (C=O) groups is 1. The molecule has 1 atom stereocenters. The summed E-state index contributed by atoms with van der Waals surface area (Å²) in [5.41, 5.74) is 0.869. The summed E-state index contributed by atoms with van der Waals surface area (Å²) in [5.74, 6) is 0. The average molecular weight is 201 g/mol. The highest BCUT2D eigenvalue weighted by molar-refractivity contribution is 6.20. The van der Waals surface area contributed by atoms with E-state index in [0.717, 1.165) is 5.69 Å². The fourth-order valence-corrected chi connectivity index (χ4v) is 0.998. The normalized spacial score (nSPS) is 12.2. The van der Waals surface area contributed by atoms with Gasteiger partial charge in [-0.3, -0.25) is 14.8 Å². The molecule has 70 valence electrons. The van der Waals surface area contributed by atoms with Gasteiger partial charge in [0.15, 0.2) is 5.56 Å². The first kappa shape index (κ1) is 9.92. The van der Waals surface area contributed by atoms with Crippen molar-refractivity contribution in [3.05, 3.63) is 23.8 Å². The lowest BCUT2D eigenvalue weighted by Gasteiger charge is -2.05. The van der Waals surface area contributed by atoms with Crippen molar-refractivity contribution in [1.29, 1.82) is 0 Å². The summed E-state index contributed by atoms with van der Waals surface area (Å²) in [4.78, 5) is 18.0. The van der Waals surface area contributed by atoms with Gasteiger partial charge in [0.1, 0.15) is 0 Å². The zero-order valence-electron chi connectivity index (χ0n) is 7.11. The second-order valence-electron chi connectivity index (χ2n) is 2.50. The molecule has 0 spiro atoms. The van der Waals surface area contributed by atoms with Crippen LogP contribution in [0.3, 0.4) is 0 Å². The lowest BCUT2D eigenvalue weighted by molar-refractivity contribution is -0.130. The molecule has 0 aliphatic carbocycles. The van der Waals surface area contributed by atoms with Crippen LogP contribution in [0.5, 0.6) is 0 Å². The number of nitrogens with zero attached hydrogens (tertiary/aromatic N) is 2. The molecule has 0 aliphatic heterocycles. The van der Waals surface area contributed by atoms with Gasteiger partial charge in [-0.05, 0) is 6.92 Å². The van der Waals surface area contributed by atoms with Crippen LogP contribution in [0.15, 0.2) is 12.4 Å². The molecule has 0 aromatic carbocycles. The minimum Gasteiger partial charge on any atom is -0.448 e. The lowest BCUT2D eigenvalue weighted by Crippen LogP contribution is -2.09. The number of alkyl halides is 1. The van der Waals surface area contributed by atoms with Gasteiger partial charge >= 0.3 is 0 Å². The molecular formula is C8H9ClN2O2. The van der Waals surface area contributed by atoms with E-state index >= 15 is 0 Å². The molecule has 0 saturated heterocycles. The number of aromatic nitrogens is 2. The van der Waals surface area contributed by atoms with E-state index in [1.165, 1.54) is 0 Å². The predicted octanol–water partition coefficient (Wildman–Crippen LogP) is 1.07. The summed E-state index contributed by atoms with van der Waals surface area (Å²) >= 11 is 5.63. The third kappa shape index (κ3) is 3.38. The molecule has 1 aromatic heterocycles. The van der Waals surface area contributed by atoms with Crippen molar-refractivity contribution in [3.8, 4) is 0 Å². The fourth-order valence-electron chi connectivity index (χ4n) is 0.798. The van der Waals surface area contributed by atoms with E-state index in [9.17, 15) is 4.79 Å². The highest BCUT2D eigenvalue weighted by Gasteiger charge is 2.06. The predicted molar refractivity (Wildman–Crippen MR) is 47.3 cm³/mol. The maximum atomic E-state index is 9.92. The monoisotopic (exact) mass is 200 g/mol. The van der Waals surface area contributed by atoms with Crippen LogP contribution in [-0.4, -0.2) is 22.0 Å². The van der Waals surface area contributed by atoms with Crippen molar-refractivity contribution in [2.75, 3.05) is 0 Å². The molecule has 0 N–H and O–H groups in total. The van der Waals surface area contributed by atoms with Crippen LogP contribution in [0.25, 0.3) is 0 Å². The molecule has 4 nitrogen and oxygen atoms in total. The molecule has 0 amide bonds. The van der Waals surface area contributed by atoms with Gasteiger partial charge in [0.25, 0.3) is 6.47 Å². The summed E-state index contributed by atoms with van der Waals surface area (Å²) in [6.07, 6.45) is 3.62. The molecule has 13 heavy (non-hydrogen) atoms. The number of rotatable bonds is 4. The summed E-state index contributed by atoms with van der Waals surface area (Å²) in [7, 11) is 0. The number of aryl methyl sites for hydroxylation is 1. The molecule has 1 unspecified atom stereocenters. The van der Waals surface area contributed by atoms with Crippen LogP contribution in [0, 0.1) is 6.92 Å². The van der Waals surface area contributed by atoms with Crippen LogP contribution in [0.2, 0.25) is 0 Å². The Kier molecular flexibility index (Phi) is 3.64. The van der Waals surface area contributed by atoms with E-state index in [-0.39, 0.29) is 0 Å². The molecule has 0 aliphatic rings. The van der Waals surface area contributed by atoms with Gasteiger partial charge in [0, 0.05) is 18.8 Å². The van der Waals surface area contributed by atoms with Crippen molar-refractivity contribution >= 4 is 18.1 Å². The summed E-state index contributed by atoms with van der Waals surface area (Å²) in [6, 6.07) is 0. The maximum Gasteiger partial charge on any atom is 0.294 e. The largest absolute Gasteiger partial charge is 0.448 e. The summed E-state index contributed by atoms with van der Waals surface area (Å²) in [5, 5.41) is 0. The molecule has 0 fully saturated rings. The zero-order valence-corrected chi connectivity index (χ0v) is 7.86. The third-order valence-electron chi connectivity index (χ3n) is 1.41. The van der Waals surface area contributed by atoms with Crippen molar-refractivity contribution in [2.24, 2.45) is 0 Å².